The van der Waals surface area contributed by atoms with E-state index in [1.165, 1.54) is 18.0 Å². The molecule has 114 valence electrons. The summed E-state index contributed by atoms with van der Waals surface area (Å²) in [6.45, 7) is 11.7. The van der Waals surface area contributed by atoms with Gasteiger partial charge in [-0.15, -0.1) is 0 Å². The van der Waals surface area contributed by atoms with Crippen LogP contribution in [0.5, 0.6) is 0 Å². The third-order valence-electron chi connectivity index (χ3n) is 3.40. The van der Waals surface area contributed by atoms with Gasteiger partial charge in [0, 0.05) is 0 Å². The fraction of sp³-hybridized carbons (Fsp3) is 0.412. The fourth-order valence-corrected chi connectivity index (χ4v) is 8.82. The molecule has 2 aliphatic carbocycles. The molecular formula is C17H24Cl2SiZr. The molecule has 0 fully saturated rings. The van der Waals surface area contributed by atoms with Crippen LogP contribution in [0.15, 0.2) is 60.8 Å². The average molecular weight is 419 g/mol. The average Bonchev–Trinajstić information content (AvgIpc) is 2.87. The zero-order valence-electron chi connectivity index (χ0n) is 13.1. The summed E-state index contributed by atoms with van der Waals surface area (Å²) in [5.74, 6) is 0. The third-order valence-corrected chi connectivity index (χ3v) is 9.31. The molecule has 0 nitrogen and oxygen atoms in total. The molecule has 0 aromatic carbocycles. The van der Waals surface area contributed by atoms with E-state index >= 15 is 0 Å². The molecular weight excluding hydrogens is 394 g/mol. The van der Waals surface area contributed by atoms with Gasteiger partial charge in [-0.3, -0.25) is 0 Å². The van der Waals surface area contributed by atoms with Gasteiger partial charge in [0.2, 0.25) is 0 Å². The minimum Gasteiger partial charge on any atom is -1.00 e. The number of hydrogen-bond donors (Lipinski definition) is 0. The van der Waals surface area contributed by atoms with Crippen molar-refractivity contribution in [1.82, 2.24) is 0 Å². The molecule has 0 aromatic rings. The summed E-state index contributed by atoms with van der Waals surface area (Å²) in [6, 6.07) is 1.27. The van der Waals surface area contributed by atoms with Gasteiger partial charge in [-0.1, -0.05) is 0 Å². The minimum absolute atomic E-state index is 0. The molecule has 0 radical (unpaired) electrons. The maximum atomic E-state index is 4.38. The summed E-state index contributed by atoms with van der Waals surface area (Å²) in [7, 11) is -1.03. The van der Waals surface area contributed by atoms with Crippen LogP contribution in [0.4, 0.5) is 0 Å². The Morgan fingerprint density at radius 3 is 2.05 bits per heavy atom. The second-order valence-electron chi connectivity index (χ2n) is 6.86. The van der Waals surface area contributed by atoms with E-state index in [1.807, 2.05) is 0 Å². The normalized spacial score (nSPS) is 18.2. The number of hydrogen-bond acceptors (Lipinski definition) is 0. The number of halogens is 2. The van der Waals surface area contributed by atoms with E-state index < -0.39 is 31.3 Å². The first kappa shape index (κ1) is 21.4. The van der Waals surface area contributed by atoms with Crippen LogP contribution in [0, 0.1) is 0 Å². The van der Waals surface area contributed by atoms with Gasteiger partial charge in [0.05, 0.1) is 0 Å². The second-order valence-corrected chi connectivity index (χ2v) is 17.0. The van der Waals surface area contributed by atoms with Crippen molar-refractivity contribution in [1.29, 1.82) is 0 Å². The van der Waals surface area contributed by atoms with E-state index in [2.05, 4.69) is 74.8 Å². The van der Waals surface area contributed by atoms with Crippen molar-refractivity contribution in [3.05, 3.63) is 60.8 Å². The molecule has 0 N–H and O–H groups in total. The van der Waals surface area contributed by atoms with Gasteiger partial charge in [-0.2, -0.15) is 0 Å². The fourth-order valence-electron chi connectivity index (χ4n) is 2.84. The molecule has 0 aliphatic heterocycles. The van der Waals surface area contributed by atoms with Crippen LogP contribution in [0.25, 0.3) is 0 Å². The van der Waals surface area contributed by atoms with Crippen LogP contribution in [0.2, 0.25) is 32.4 Å². The molecule has 0 saturated carbocycles. The Morgan fingerprint density at radius 1 is 1.05 bits per heavy atom. The summed E-state index contributed by atoms with van der Waals surface area (Å²) in [4.78, 5) is 0. The van der Waals surface area contributed by atoms with Gasteiger partial charge in [0.15, 0.2) is 0 Å². The Morgan fingerprint density at radius 2 is 1.57 bits per heavy atom. The molecule has 0 saturated heterocycles. The van der Waals surface area contributed by atoms with Crippen LogP contribution in [0.1, 0.15) is 6.42 Å². The van der Waals surface area contributed by atoms with E-state index in [4.69, 9.17) is 0 Å². The smallest absolute Gasteiger partial charge is 1.00 e. The van der Waals surface area contributed by atoms with Gasteiger partial charge in [-0.05, 0) is 0 Å². The molecule has 4 heteroatoms. The Bertz CT molecular complexity index is 446. The van der Waals surface area contributed by atoms with Gasteiger partial charge >= 0.3 is 131 Å². The Balaban J connectivity index is 0.00000200. The molecule has 0 bridgehead atoms. The molecule has 21 heavy (non-hydrogen) atoms. The van der Waals surface area contributed by atoms with Crippen LogP contribution in [0.3, 0.4) is 0 Å². The zero-order valence-corrected chi connectivity index (χ0v) is 18.0. The van der Waals surface area contributed by atoms with Crippen molar-refractivity contribution in [2.45, 2.75) is 38.9 Å². The van der Waals surface area contributed by atoms with E-state index in [1.54, 1.807) is 0 Å². The first-order valence-electron chi connectivity index (χ1n) is 7.05. The van der Waals surface area contributed by atoms with Crippen molar-refractivity contribution < 1.29 is 48.0 Å². The summed E-state index contributed by atoms with van der Waals surface area (Å²) in [6.07, 6.45) is 19.8. The van der Waals surface area contributed by atoms with Gasteiger partial charge in [-0.25, -0.2) is 0 Å². The van der Waals surface area contributed by atoms with Crippen molar-refractivity contribution in [3.8, 4) is 0 Å². The summed E-state index contributed by atoms with van der Waals surface area (Å²) in [5, 5.41) is 0. The van der Waals surface area contributed by atoms with E-state index in [0.29, 0.717) is 3.12 Å². The number of allylic oxidation sites excluding steroid dienone is 9. The molecule has 2 aliphatic rings. The molecule has 0 atom stereocenters. The van der Waals surface area contributed by atoms with Crippen molar-refractivity contribution in [2.24, 2.45) is 0 Å². The Labute approximate surface area is 155 Å². The molecule has 0 spiro atoms. The molecule has 0 heterocycles. The number of rotatable bonds is 6. The monoisotopic (exact) mass is 416 g/mol. The van der Waals surface area contributed by atoms with E-state index in [9.17, 15) is 0 Å². The largest absolute Gasteiger partial charge is 1.00 e. The molecule has 0 unspecified atom stereocenters. The van der Waals surface area contributed by atoms with Gasteiger partial charge in [0.25, 0.3) is 0 Å². The van der Waals surface area contributed by atoms with Crippen LogP contribution in [-0.4, -0.2) is 8.07 Å². The zero-order chi connectivity index (χ0) is 13.9. The molecule has 2 rings (SSSR count). The van der Waals surface area contributed by atoms with Gasteiger partial charge < -0.3 is 24.8 Å². The first-order chi connectivity index (χ1) is 8.89. The Hall–Kier alpha value is 0.380. The minimum atomic E-state index is -1.03. The van der Waals surface area contributed by atoms with Crippen LogP contribution in [-0.2, 0) is 23.2 Å². The summed E-state index contributed by atoms with van der Waals surface area (Å²) in [5.41, 5.74) is 1.47. The van der Waals surface area contributed by atoms with Crippen molar-refractivity contribution in [3.63, 3.8) is 0 Å². The molecule has 0 aromatic heterocycles. The van der Waals surface area contributed by atoms with E-state index in [-0.39, 0.29) is 24.8 Å². The third kappa shape index (κ3) is 6.99. The van der Waals surface area contributed by atoms with Crippen LogP contribution < -0.4 is 24.8 Å². The quantitative estimate of drug-likeness (QED) is 0.405. The molecule has 0 amide bonds. The Kier molecular flexibility index (Phi) is 9.03. The summed E-state index contributed by atoms with van der Waals surface area (Å²) >= 11 is -0.547. The predicted molar refractivity (Wildman–Crippen MR) is 84.9 cm³/mol. The SMILES string of the molecule is C=C(C[C]1([Zr+2][CH]2C=CC=C2)C=CC=C1)C[Si](C)(C)C.[Cl-].[Cl-]. The van der Waals surface area contributed by atoms with Crippen LogP contribution >= 0.6 is 0 Å². The maximum Gasteiger partial charge on any atom is -1.00 e. The summed E-state index contributed by atoms with van der Waals surface area (Å²) < 4.78 is 1.14. The second kappa shape index (κ2) is 8.87. The first-order valence-corrected chi connectivity index (χ1v) is 13.4. The van der Waals surface area contributed by atoms with Crippen molar-refractivity contribution in [2.75, 3.05) is 0 Å². The van der Waals surface area contributed by atoms with Gasteiger partial charge in [0.1, 0.15) is 0 Å². The predicted octanol–water partition coefficient (Wildman–Crippen LogP) is -0.439. The standard InChI is InChI=1S/C12H19Si.C5H5.2ClH.Zr/c1-11(10-13(2,3)4)9-12-7-5-6-8-12;1-2-4-5-3-1;;;/h5-8H,1,9-10H2,2-4H3;1-5H;2*1H;/q;;;;+2/p-2. The van der Waals surface area contributed by atoms with Crippen molar-refractivity contribution >= 4 is 8.07 Å². The maximum absolute atomic E-state index is 4.38. The van der Waals surface area contributed by atoms with E-state index in [0.717, 1.165) is 3.63 Å². The topological polar surface area (TPSA) is 0 Å².